The topological polar surface area (TPSA) is 55.8 Å². The number of para-hydroxylation sites is 2. The van der Waals surface area contributed by atoms with Crippen molar-refractivity contribution in [3.05, 3.63) is 46.7 Å². The fourth-order valence-electron chi connectivity index (χ4n) is 2.74. The molecule has 3 rings (SSSR count). The normalized spacial score (nSPS) is 14.8. The molecule has 5 nitrogen and oxygen atoms in total. The summed E-state index contributed by atoms with van der Waals surface area (Å²) < 4.78 is 0. The fraction of sp³-hybridized carbons (Fsp3) is 0.353. The van der Waals surface area contributed by atoms with Gasteiger partial charge < -0.3 is 20.2 Å². The molecule has 0 aliphatic carbocycles. The van der Waals surface area contributed by atoms with Gasteiger partial charge >= 0.3 is 6.03 Å². The Morgan fingerprint density at radius 2 is 1.91 bits per heavy atom. The molecule has 0 radical (unpaired) electrons. The van der Waals surface area contributed by atoms with Gasteiger partial charge in [0.15, 0.2) is 0 Å². The number of phenols is 1. The molecule has 1 fully saturated rings. The molecule has 2 aromatic rings. The number of piperazine rings is 1. The standard InChI is InChI=1S/C17H21N3O2S/c21-16-6-2-1-5-15(16)19-9-11-20(12-10-19)17(22)18-8-7-14-4-3-13-23-14/h1-6,13,21H,7-12H2,(H,18,22). The number of urea groups is 1. The van der Waals surface area contributed by atoms with E-state index in [-0.39, 0.29) is 6.03 Å². The summed E-state index contributed by atoms with van der Waals surface area (Å²) in [5, 5.41) is 14.9. The molecule has 0 bridgehead atoms. The molecule has 1 aromatic carbocycles. The number of phenolic OH excluding ortho intramolecular Hbond substituents is 1. The Hall–Kier alpha value is -2.21. The van der Waals surface area contributed by atoms with Crippen LogP contribution in [-0.2, 0) is 6.42 Å². The van der Waals surface area contributed by atoms with Crippen LogP contribution in [0.15, 0.2) is 41.8 Å². The number of benzene rings is 1. The Balaban J connectivity index is 1.45. The molecule has 0 spiro atoms. The van der Waals surface area contributed by atoms with Crippen LogP contribution in [0.5, 0.6) is 5.75 Å². The van der Waals surface area contributed by atoms with Crippen LogP contribution >= 0.6 is 11.3 Å². The minimum Gasteiger partial charge on any atom is -0.506 e. The maximum Gasteiger partial charge on any atom is 0.317 e. The highest BCUT2D eigenvalue weighted by atomic mass is 32.1. The molecule has 6 heteroatoms. The SMILES string of the molecule is O=C(NCCc1cccs1)N1CCN(c2ccccc2O)CC1. The Labute approximate surface area is 140 Å². The molecule has 1 aromatic heterocycles. The molecule has 0 atom stereocenters. The fourth-order valence-corrected chi connectivity index (χ4v) is 3.45. The van der Waals surface area contributed by atoms with Gasteiger partial charge in [-0.3, -0.25) is 0 Å². The lowest BCUT2D eigenvalue weighted by Crippen LogP contribution is -2.52. The lowest BCUT2D eigenvalue weighted by molar-refractivity contribution is 0.194. The zero-order chi connectivity index (χ0) is 16.1. The Morgan fingerprint density at radius 3 is 2.61 bits per heavy atom. The van der Waals surface area contributed by atoms with Crippen molar-refractivity contribution in [2.24, 2.45) is 0 Å². The molecular formula is C17H21N3O2S. The predicted molar refractivity (Wildman–Crippen MR) is 93.3 cm³/mol. The number of hydrogen-bond donors (Lipinski definition) is 2. The Bertz CT molecular complexity index is 637. The van der Waals surface area contributed by atoms with Gasteiger partial charge in [0, 0.05) is 37.6 Å². The first kappa shape index (κ1) is 15.7. The van der Waals surface area contributed by atoms with Crippen molar-refractivity contribution in [1.82, 2.24) is 10.2 Å². The zero-order valence-corrected chi connectivity index (χ0v) is 13.8. The highest BCUT2D eigenvalue weighted by Crippen LogP contribution is 2.27. The minimum absolute atomic E-state index is 0.00140. The molecule has 23 heavy (non-hydrogen) atoms. The Morgan fingerprint density at radius 1 is 1.13 bits per heavy atom. The first-order chi connectivity index (χ1) is 11.2. The maximum atomic E-state index is 12.2. The molecule has 2 N–H and O–H groups in total. The quantitative estimate of drug-likeness (QED) is 0.905. The average Bonchev–Trinajstić information content (AvgIpc) is 3.09. The van der Waals surface area contributed by atoms with Gasteiger partial charge in [0.25, 0.3) is 0 Å². The van der Waals surface area contributed by atoms with E-state index in [0.29, 0.717) is 25.4 Å². The van der Waals surface area contributed by atoms with E-state index < -0.39 is 0 Å². The van der Waals surface area contributed by atoms with Gasteiger partial charge in [0.2, 0.25) is 0 Å². The number of aromatic hydroxyl groups is 1. The number of rotatable bonds is 4. The van der Waals surface area contributed by atoms with Gasteiger partial charge in [-0.05, 0) is 30.0 Å². The number of amides is 2. The molecule has 1 aliphatic heterocycles. The van der Waals surface area contributed by atoms with Crippen LogP contribution in [0.3, 0.4) is 0 Å². The molecule has 2 heterocycles. The number of thiophene rings is 1. The van der Waals surface area contributed by atoms with Crippen molar-refractivity contribution >= 4 is 23.1 Å². The summed E-state index contributed by atoms with van der Waals surface area (Å²) in [7, 11) is 0. The molecule has 1 aliphatic rings. The summed E-state index contributed by atoms with van der Waals surface area (Å²) in [4.78, 5) is 17.4. The highest BCUT2D eigenvalue weighted by molar-refractivity contribution is 7.09. The zero-order valence-electron chi connectivity index (χ0n) is 12.9. The van der Waals surface area contributed by atoms with E-state index in [4.69, 9.17) is 0 Å². The summed E-state index contributed by atoms with van der Waals surface area (Å²) in [5.74, 6) is 0.293. The smallest absolute Gasteiger partial charge is 0.317 e. The third-order valence-corrected chi connectivity index (χ3v) is 4.95. The highest BCUT2D eigenvalue weighted by Gasteiger charge is 2.22. The largest absolute Gasteiger partial charge is 0.506 e. The summed E-state index contributed by atoms with van der Waals surface area (Å²) >= 11 is 1.71. The number of nitrogens with zero attached hydrogens (tertiary/aromatic N) is 2. The van der Waals surface area contributed by atoms with Crippen LogP contribution in [0.4, 0.5) is 10.5 Å². The van der Waals surface area contributed by atoms with Crippen molar-refractivity contribution in [3.8, 4) is 5.75 Å². The third kappa shape index (κ3) is 3.96. The van der Waals surface area contributed by atoms with E-state index in [1.54, 1.807) is 17.4 Å². The predicted octanol–water partition coefficient (Wildman–Crippen LogP) is 2.53. The number of anilines is 1. The monoisotopic (exact) mass is 331 g/mol. The molecule has 0 unspecified atom stereocenters. The molecule has 0 saturated carbocycles. The van der Waals surface area contributed by atoms with E-state index in [1.807, 2.05) is 29.2 Å². The summed E-state index contributed by atoms with van der Waals surface area (Å²) in [6.07, 6.45) is 0.876. The van der Waals surface area contributed by atoms with Crippen LogP contribution in [0, 0.1) is 0 Å². The van der Waals surface area contributed by atoms with Gasteiger partial charge in [-0.2, -0.15) is 0 Å². The second-order valence-electron chi connectivity index (χ2n) is 5.52. The van der Waals surface area contributed by atoms with Crippen LogP contribution in [0.25, 0.3) is 0 Å². The van der Waals surface area contributed by atoms with Crippen molar-refractivity contribution < 1.29 is 9.90 Å². The van der Waals surface area contributed by atoms with E-state index in [9.17, 15) is 9.90 Å². The second kappa shape index (κ2) is 7.37. The van der Waals surface area contributed by atoms with Gasteiger partial charge in [0.1, 0.15) is 5.75 Å². The molecule has 2 amide bonds. The van der Waals surface area contributed by atoms with Crippen LogP contribution in [-0.4, -0.2) is 48.8 Å². The van der Waals surface area contributed by atoms with Crippen molar-refractivity contribution in [2.45, 2.75) is 6.42 Å². The van der Waals surface area contributed by atoms with E-state index in [2.05, 4.69) is 21.7 Å². The van der Waals surface area contributed by atoms with Crippen LogP contribution in [0.1, 0.15) is 4.88 Å². The lowest BCUT2D eigenvalue weighted by atomic mass is 10.2. The minimum atomic E-state index is -0.00140. The molecular weight excluding hydrogens is 310 g/mol. The summed E-state index contributed by atoms with van der Waals surface area (Å²) in [6, 6.07) is 11.4. The van der Waals surface area contributed by atoms with Crippen LogP contribution in [0.2, 0.25) is 0 Å². The van der Waals surface area contributed by atoms with E-state index in [0.717, 1.165) is 25.2 Å². The van der Waals surface area contributed by atoms with E-state index in [1.165, 1.54) is 4.88 Å². The van der Waals surface area contributed by atoms with E-state index >= 15 is 0 Å². The number of nitrogens with one attached hydrogen (secondary N) is 1. The molecule has 122 valence electrons. The van der Waals surface area contributed by atoms with Crippen molar-refractivity contribution in [3.63, 3.8) is 0 Å². The third-order valence-electron chi connectivity index (χ3n) is 4.02. The van der Waals surface area contributed by atoms with Gasteiger partial charge in [-0.15, -0.1) is 11.3 Å². The van der Waals surface area contributed by atoms with Crippen LogP contribution < -0.4 is 10.2 Å². The lowest BCUT2D eigenvalue weighted by Gasteiger charge is -2.36. The van der Waals surface area contributed by atoms with Crippen molar-refractivity contribution in [2.75, 3.05) is 37.6 Å². The number of carbonyl (C=O) groups excluding carboxylic acids is 1. The first-order valence-corrected chi connectivity index (χ1v) is 8.70. The number of carbonyl (C=O) groups is 1. The maximum absolute atomic E-state index is 12.2. The summed E-state index contributed by atoms with van der Waals surface area (Å²) in [5.41, 5.74) is 0.838. The average molecular weight is 331 g/mol. The Kier molecular flexibility index (Phi) is 5.02. The second-order valence-corrected chi connectivity index (χ2v) is 6.56. The van der Waals surface area contributed by atoms with Gasteiger partial charge in [-0.25, -0.2) is 4.79 Å². The first-order valence-electron chi connectivity index (χ1n) is 7.82. The summed E-state index contributed by atoms with van der Waals surface area (Å²) in [6.45, 7) is 3.46. The van der Waals surface area contributed by atoms with Gasteiger partial charge in [0.05, 0.1) is 5.69 Å². The van der Waals surface area contributed by atoms with Crippen molar-refractivity contribution in [1.29, 1.82) is 0 Å². The van der Waals surface area contributed by atoms with Gasteiger partial charge in [-0.1, -0.05) is 18.2 Å². The number of hydrogen-bond acceptors (Lipinski definition) is 4. The molecule has 1 saturated heterocycles.